The first kappa shape index (κ1) is 24.8. The maximum Gasteiger partial charge on any atom is 0.238 e. The van der Waals surface area contributed by atoms with E-state index in [9.17, 15) is 9.90 Å². The molecule has 2 N–H and O–H groups in total. The second-order valence-corrected chi connectivity index (χ2v) is 9.67. The van der Waals surface area contributed by atoms with E-state index in [2.05, 4.69) is 15.1 Å². The Balaban J connectivity index is 1.24. The van der Waals surface area contributed by atoms with Crippen LogP contribution in [0.25, 0.3) is 0 Å². The zero-order valence-corrected chi connectivity index (χ0v) is 20.5. The lowest BCUT2D eigenvalue weighted by molar-refractivity contribution is -0.117. The lowest BCUT2D eigenvalue weighted by atomic mass is 10.2. The van der Waals surface area contributed by atoms with E-state index in [1.54, 1.807) is 0 Å². The molecule has 184 valence electrons. The van der Waals surface area contributed by atoms with Crippen LogP contribution in [0.1, 0.15) is 24.8 Å². The van der Waals surface area contributed by atoms with Crippen LogP contribution in [0.3, 0.4) is 0 Å². The first-order valence-electron chi connectivity index (χ1n) is 12.0. The number of aliphatic hydroxyl groups is 1. The molecular formula is C26H34ClN3O4. The van der Waals surface area contributed by atoms with E-state index in [-0.39, 0.29) is 18.6 Å². The summed E-state index contributed by atoms with van der Waals surface area (Å²) in [4.78, 5) is 16.8. The standard InChI is InChI=1S/C26H34ClN3O4/c1-19-4-9-24(28-26(32)17-29-11-2-3-12-29)25(14-19)33-18-21(31)15-30-13-10-23(16-30)34-22-7-5-20(27)6-8-22/h4-9,14,21,23,31H,2-3,10-13,15-18H2,1H3,(H,28,32). The molecule has 2 aliphatic heterocycles. The topological polar surface area (TPSA) is 74.3 Å². The number of amides is 1. The van der Waals surface area contributed by atoms with E-state index in [4.69, 9.17) is 21.1 Å². The number of hydrogen-bond donors (Lipinski definition) is 2. The molecule has 2 fully saturated rings. The average molecular weight is 488 g/mol. The summed E-state index contributed by atoms with van der Waals surface area (Å²) in [7, 11) is 0. The van der Waals surface area contributed by atoms with Crippen molar-refractivity contribution in [1.82, 2.24) is 9.80 Å². The van der Waals surface area contributed by atoms with Crippen molar-refractivity contribution in [2.75, 3.05) is 51.2 Å². The van der Waals surface area contributed by atoms with Gasteiger partial charge in [0.1, 0.15) is 30.3 Å². The summed E-state index contributed by atoms with van der Waals surface area (Å²) in [5, 5.41) is 14.3. The highest BCUT2D eigenvalue weighted by Crippen LogP contribution is 2.26. The molecule has 0 aliphatic carbocycles. The Kier molecular flexibility index (Phi) is 8.67. The maximum atomic E-state index is 12.5. The fourth-order valence-electron chi connectivity index (χ4n) is 4.49. The fraction of sp³-hybridized carbons (Fsp3) is 0.500. The second-order valence-electron chi connectivity index (χ2n) is 9.24. The third-order valence-corrected chi connectivity index (χ3v) is 6.47. The molecule has 0 saturated carbocycles. The number of hydrogen-bond acceptors (Lipinski definition) is 6. The van der Waals surface area contributed by atoms with E-state index in [1.807, 2.05) is 49.4 Å². The molecule has 0 aromatic heterocycles. The summed E-state index contributed by atoms with van der Waals surface area (Å²) in [6.45, 7) is 6.58. The number of carbonyl (C=O) groups is 1. The van der Waals surface area contributed by atoms with Crippen molar-refractivity contribution in [2.45, 2.75) is 38.4 Å². The summed E-state index contributed by atoms with van der Waals surface area (Å²) in [5.41, 5.74) is 1.67. The van der Waals surface area contributed by atoms with Gasteiger partial charge in [-0.3, -0.25) is 14.6 Å². The smallest absolute Gasteiger partial charge is 0.238 e. The Morgan fingerprint density at radius 2 is 1.91 bits per heavy atom. The highest BCUT2D eigenvalue weighted by Gasteiger charge is 2.26. The van der Waals surface area contributed by atoms with Gasteiger partial charge in [-0.05, 0) is 81.2 Å². The number of nitrogens with one attached hydrogen (secondary N) is 1. The highest BCUT2D eigenvalue weighted by atomic mass is 35.5. The molecule has 0 spiro atoms. The van der Waals surface area contributed by atoms with Gasteiger partial charge in [0, 0.05) is 24.7 Å². The third kappa shape index (κ3) is 7.34. The van der Waals surface area contributed by atoms with Gasteiger partial charge in [-0.2, -0.15) is 0 Å². The second kappa shape index (κ2) is 11.9. The van der Waals surface area contributed by atoms with Crippen LogP contribution in [-0.4, -0.2) is 78.9 Å². The van der Waals surface area contributed by atoms with Crippen molar-refractivity contribution in [3.8, 4) is 11.5 Å². The minimum absolute atomic E-state index is 0.0417. The number of nitrogens with zero attached hydrogens (tertiary/aromatic N) is 2. The van der Waals surface area contributed by atoms with Crippen LogP contribution in [0.5, 0.6) is 11.5 Å². The molecule has 2 atom stereocenters. The van der Waals surface area contributed by atoms with E-state index >= 15 is 0 Å². The number of aryl methyl sites for hydroxylation is 1. The molecule has 1 amide bonds. The summed E-state index contributed by atoms with van der Waals surface area (Å²) < 4.78 is 12.0. The largest absolute Gasteiger partial charge is 0.489 e. The number of aliphatic hydroxyl groups excluding tert-OH is 1. The number of ether oxygens (including phenoxy) is 2. The van der Waals surface area contributed by atoms with Crippen LogP contribution in [-0.2, 0) is 4.79 Å². The molecule has 8 heteroatoms. The summed E-state index contributed by atoms with van der Waals surface area (Å²) in [6.07, 6.45) is 2.64. The number of benzene rings is 2. The van der Waals surface area contributed by atoms with Gasteiger partial charge in [0.15, 0.2) is 0 Å². The average Bonchev–Trinajstić information content (AvgIpc) is 3.47. The number of likely N-dealkylation sites (tertiary alicyclic amines) is 2. The Bertz CT molecular complexity index is 950. The van der Waals surface area contributed by atoms with Crippen LogP contribution in [0.2, 0.25) is 5.02 Å². The number of anilines is 1. The summed E-state index contributed by atoms with van der Waals surface area (Å²) in [6, 6.07) is 13.1. The Hall–Kier alpha value is -2.32. The summed E-state index contributed by atoms with van der Waals surface area (Å²) in [5.74, 6) is 1.35. The van der Waals surface area contributed by atoms with E-state index < -0.39 is 6.10 Å². The quantitative estimate of drug-likeness (QED) is 0.533. The predicted octanol–water partition coefficient (Wildman–Crippen LogP) is 3.58. The molecule has 0 radical (unpaired) electrons. The highest BCUT2D eigenvalue weighted by molar-refractivity contribution is 6.30. The monoisotopic (exact) mass is 487 g/mol. The lowest BCUT2D eigenvalue weighted by Gasteiger charge is -2.21. The van der Waals surface area contributed by atoms with Crippen molar-refractivity contribution in [2.24, 2.45) is 0 Å². The van der Waals surface area contributed by atoms with E-state index in [1.165, 1.54) is 0 Å². The van der Waals surface area contributed by atoms with Gasteiger partial charge in [-0.25, -0.2) is 0 Å². The van der Waals surface area contributed by atoms with Crippen molar-refractivity contribution in [3.05, 3.63) is 53.1 Å². The van der Waals surface area contributed by atoms with Crippen LogP contribution in [0.4, 0.5) is 5.69 Å². The molecular weight excluding hydrogens is 454 g/mol. The van der Waals surface area contributed by atoms with Crippen molar-refractivity contribution >= 4 is 23.2 Å². The van der Waals surface area contributed by atoms with Crippen LogP contribution < -0.4 is 14.8 Å². The molecule has 2 heterocycles. The molecule has 2 aromatic rings. The molecule has 2 unspecified atom stereocenters. The normalized spacial score (nSPS) is 19.8. The van der Waals surface area contributed by atoms with Gasteiger partial charge in [0.2, 0.25) is 5.91 Å². The van der Waals surface area contributed by atoms with Gasteiger partial charge < -0.3 is 19.9 Å². The fourth-order valence-corrected chi connectivity index (χ4v) is 4.61. The SMILES string of the molecule is Cc1ccc(NC(=O)CN2CCCC2)c(OCC(O)CN2CCC(Oc3ccc(Cl)cc3)C2)c1. The van der Waals surface area contributed by atoms with Crippen molar-refractivity contribution < 1.29 is 19.4 Å². The Morgan fingerprint density at radius 3 is 2.68 bits per heavy atom. The van der Waals surface area contributed by atoms with Crippen molar-refractivity contribution in [3.63, 3.8) is 0 Å². The minimum Gasteiger partial charge on any atom is -0.489 e. The van der Waals surface area contributed by atoms with Gasteiger partial charge in [0.25, 0.3) is 0 Å². The number of halogens is 1. The van der Waals surface area contributed by atoms with Crippen LogP contribution >= 0.6 is 11.6 Å². The molecule has 2 saturated heterocycles. The first-order valence-corrected chi connectivity index (χ1v) is 12.4. The van der Waals surface area contributed by atoms with Crippen LogP contribution in [0, 0.1) is 6.92 Å². The molecule has 34 heavy (non-hydrogen) atoms. The number of carbonyl (C=O) groups excluding carboxylic acids is 1. The number of rotatable bonds is 10. The number of β-amino-alcohol motifs (C(OH)–C–C–N with tert-alkyl or cyclic N) is 1. The predicted molar refractivity (Wildman–Crippen MR) is 134 cm³/mol. The van der Waals surface area contributed by atoms with E-state index in [0.717, 1.165) is 56.8 Å². The Labute approximate surface area is 206 Å². The zero-order chi connectivity index (χ0) is 23.9. The van der Waals surface area contributed by atoms with Gasteiger partial charge in [-0.15, -0.1) is 0 Å². The van der Waals surface area contributed by atoms with Crippen molar-refractivity contribution in [1.29, 1.82) is 0 Å². The lowest BCUT2D eigenvalue weighted by Crippen LogP contribution is -2.35. The zero-order valence-electron chi connectivity index (χ0n) is 19.7. The van der Waals surface area contributed by atoms with Gasteiger partial charge in [0.05, 0.1) is 12.2 Å². The van der Waals surface area contributed by atoms with Gasteiger partial charge >= 0.3 is 0 Å². The van der Waals surface area contributed by atoms with Gasteiger partial charge in [-0.1, -0.05) is 17.7 Å². The first-order chi connectivity index (χ1) is 16.4. The minimum atomic E-state index is -0.650. The third-order valence-electron chi connectivity index (χ3n) is 6.22. The Morgan fingerprint density at radius 1 is 1.15 bits per heavy atom. The molecule has 2 aromatic carbocycles. The maximum absolute atomic E-state index is 12.5. The van der Waals surface area contributed by atoms with Crippen LogP contribution in [0.15, 0.2) is 42.5 Å². The van der Waals surface area contributed by atoms with E-state index in [0.29, 0.717) is 29.5 Å². The molecule has 4 rings (SSSR count). The molecule has 7 nitrogen and oxygen atoms in total. The summed E-state index contributed by atoms with van der Waals surface area (Å²) >= 11 is 5.93. The molecule has 2 aliphatic rings. The molecule has 0 bridgehead atoms.